The van der Waals surface area contributed by atoms with E-state index in [1.165, 1.54) is 49.1 Å². The first kappa shape index (κ1) is 19.2. The van der Waals surface area contributed by atoms with Crippen molar-refractivity contribution in [3.05, 3.63) is 29.7 Å². The van der Waals surface area contributed by atoms with E-state index in [9.17, 15) is 19.1 Å². The van der Waals surface area contributed by atoms with E-state index in [2.05, 4.69) is 10.2 Å². The molecule has 1 aliphatic rings. The minimum absolute atomic E-state index is 0.0585. The first-order chi connectivity index (χ1) is 13.0. The quantitative estimate of drug-likeness (QED) is 0.751. The summed E-state index contributed by atoms with van der Waals surface area (Å²) in [7, 11) is 1.22. The summed E-state index contributed by atoms with van der Waals surface area (Å²) in [5.41, 5.74) is 0.403. The second-order valence-electron chi connectivity index (χ2n) is 6.69. The van der Waals surface area contributed by atoms with Crippen LogP contribution in [0.2, 0.25) is 0 Å². The van der Waals surface area contributed by atoms with Crippen LogP contribution >= 0.6 is 0 Å². The number of nitrogens with zero attached hydrogens (tertiary/aromatic N) is 2. The molecule has 2 heterocycles. The fourth-order valence-electron chi connectivity index (χ4n) is 3.47. The molecule has 1 amide bonds. The number of aromatic nitrogens is 1. The smallest absolute Gasteiger partial charge is 0.354 e. The molecule has 146 valence electrons. The summed E-state index contributed by atoms with van der Waals surface area (Å²) in [4.78, 5) is 26.7. The van der Waals surface area contributed by atoms with Crippen LogP contribution in [-0.2, 0) is 16.1 Å². The lowest BCUT2D eigenvalue weighted by Crippen LogP contribution is -2.38. The van der Waals surface area contributed by atoms with E-state index in [-0.39, 0.29) is 23.5 Å². The molecular formula is C19H24FN3O4. The van der Waals surface area contributed by atoms with E-state index in [1.807, 2.05) is 0 Å². The van der Waals surface area contributed by atoms with Crippen molar-refractivity contribution in [1.29, 1.82) is 0 Å². The number of aromatic hydroxyl groups is 1. The van der Waals surface area contributed by atoms with Crippen molar-refractivity contribution in [3.8, 4) is 5.75 Å². The summed E-state index contributed by atoms with van der Waals surface area (Å²) < 4.78 is 20.3. The fourth-order valence-corrected chi connectivity index (χ4v) is 3.47. The molecule has 0 atom stereocenters. The minimum Gasteiger partial charge on any atom is -0.505 e. The molecule has 1 saturated heterocycles. The van der Waals surface area contributed by atoms with E-state index in [0.29, 0.717) is 12.1 Å². The Hall–Kier alpha value is -2.61. The number of piperidine rings is 1. The molecule has 0 unspecified atom stereocenters. The molecule has 3 rings (SSSR count). The van der Waals surface area contributed by atoms with E-state index in [1.54, 1.807) is 0 Å². The maximum absolute atomic E-state index is 14.2. The van der Waals surface area contributed by atoms with E-state index in [0.717, 1.165) is 19.6 Å². The Labute approximate surface area is 156 Å². The Kier molecular flexibility index (Phi) is 5.95. The van der Waals surface area contributed by atoms with Gasteiger partial charge in [-0.1, -0.05) is 6.42 Å². The lowest BCUT2D eigenvalue weighted by atomic mass is 10.1. The average molecular weight is 377 g/mol. The van der Waals surface area contributed by atoms with E-state index < -0.39 is 17.5 Å². The highest BCUT2D eigenvalue weighted by molar-refractivity contribution is 5.97. The van der Waals surface area contributed by atoms with Crippen LogP contribution in [0.25, 0.3) is 10.9 Å². The van der Waals surface area contributed by atoms with Gasteiger partial charge in [0.2, 0.25) is 5.91 Å². The molecule has 1 aromatic heterocycles. The highest BCUT2D eigenvalue weighted by atomic mass is 19.1. The molecule has 8 heteroatoms. The van der Waals surface area contributed by atoms with Gasteiger partial charge >= 0.3 is 5.97 Å². The Bertz CT molecular complexity index is 843. The molecule has 0 radical (unpaired) electrons. The molecule has 27 heavy (non-hydrogen) atoms. The number of phenols is 1. The second kappa shape index (κ2) is 8.39. The molecule has 1 aliphatic heterocycles. The highest BCUT2D eigenvalue weighted by Gasteiger charge is 2.21. The number of carbonyl (C=O) groups is 2. The number of ether oxygens (including phenoxy) is 1. The van der Waals surface area contributed by atoms with Gasteiger partial charge in [0.15, 0.2) is 11.6 Å². The van der Waals surface area contributed by atoms with Crippen molar-refractivity contribution in [2.45, 2.75) is 25.8 Å². The summed E-state index contributed by atoms with van der Waals surface area (Å²) in [6.07, 6.45) is 3.63. The van der Waals surface area contributed by atoms with Crippen molar-refractivity contribution < 1.29 is 23.8 Å². The zero-order valence-corrected chi connectivity index (χ0v) is 15.3. The normalized spacial score (nSPS) is 15.0. The Morgan fingerprint density at radius 1 is 1.26 bits per heavy atom. The Morgan fingerprint density at radius 2 is 2.00 bits per heavy atom. The third-order valence-electron chi connectivity index (χ3n) is 4.89. The number of carbonyl (C=O) groups excluding carboxylic acids is 2. The summed E-state index contributed by atoms with van der Waals surface area (Å²) in [6, 6.07) is 3.96. The van der Waals surface area contributed by atoms with Crippen molar-refractivity contribution in [2.75, 3.05) is 33.3 Å². The van der Waals surface area contributed by atoms with Crippen LogP contribution in [0.4, 0.5) is 4.39 Å². The standard InChI is InChI=1S/C19H24FN3O4/c1-27-19(26)15-11-13-14(5-6-16(24)18(13)20)23(15)12-17(25)21-7-10-22-8-3-2-4-9-22/h5-6,11,24H,2-4,7-10,12H2,1H3,(H,21,25). The van der Waals surface area contributed by atoms with Crippen molar-refractivity contribution in [2.24, 2.45) is 0 Å². The van der Waals surface area contributed by atoms with Crippen molar-refractivity contribution >= 4 is 22.8 Å². The number of amides is 1. The first-order valence-corrected chi connectivity index (χ1v) is 9.09. The second-order valence-corrected chi connectivity index (χ2v) is 6.69. The third-order valence-corrected chi connectivity index (χ3v) is 4.89. The predicted octanol–water partition coefficient (Wildman–Crippen LogP) is 1.87. The molecule has 0 bridgehead atoms. The number of methoxy groups -OCH3 is 1. The van der Waals surface area contributed by atoms with Gasteiger partial charge < -0.3 is 24.6 Å². The van der Waals surface area contributed by atoms with Crippen LogP contribution in [0.3, 0.4) is 0 Å². The van der Waals surface area contributed by atoms with Gasteiger partial charge in [0.25, 0.3) is 0 Å². The average Bonchev–Trinajstić information content (AvgIpc) is 3.04. The number of esters is 1. The number of nitrogens with one attached hydrogen (secondary N) is 1. The summed E-state index contributed by atoms with van der Waals surface area (Å²) in [6.45, 7) is 3.25. The van der Waals surface area contributed by atoms with Crippen LogP contribution in [-0.4, -0.2) is 59.7 Å². The zero-order valence-electron chi connectivity index (χ0n) is 15.3. The number of hydrogen-bond acceptors (Lipinski definition) is 5. The largest absolute Gasteiger partial charge is 0.505 e. The maximum atomic E-state index is 14.2. The predicted molar refractivity (Wildman–Crippen MR) is 98.2 cm³/mol. The third kappa shape index (κ3) is 4.21. The molecule has 0 aliphatic carbocycles. The molecule has 2 aromatic rings. The minimum atomic E-state index is -0.832. The van der Waals surface area contributed by atoms with E-state index >= 15 is 0 Å². The lowest BCUT2D eigenvalue weighted by molar-refractivity contribution is -0.121. The van der Waals surface area contributed by atoms with Gasteiger partial charge in [0.05, 0.1) is 12.6 Å². The Morgan fingerprint density at radius 3 is 2.70 bits per heavy atom. The van der Waals surface area contributed by atoms with Gasteiger partial charge in [-0.25, -0.2) is 9.18 Å². The van der Waals surface area contributed by atoms with Gasteiger partial charge in [0, 0.05) is 18.5 Å². The van der Waals surface area contributed by atoms with Gasteiger partial charge in [0.1, 0.15) is 12.2 Å². The van der Waals surface area contributed by atoms with Crippen LogP contribution in [0.1, 0.15) is 29.8 Å². The number of halogens is 1. The number of hydrogen-bond donors (Lipinski definition) is 2. The van der Waals surface area contributed by atoms with Gasteiger partial charge in [-0.05, 0) is 44.1 Å². The van der Waals surface area contributed by atoms with Crippen LogP contribution in [0.15, 0.2) is 18.2 Å². The van der Waals surface area contributed by atoms with E-state index in [4.69, 9.17) is 4.74 Å². The van der Waals surface area contributed by atoms with Crippen molar-refractivity contribution in [1.82, 2.24) is 14.8 Å². The zero-order chi connectivity index (χ0) is 19.4. The van der Waals surface area contributed by atoms with Gasteiger partial charge in [-0.15, -0.1) is 0 Å². The fraction of sp³-hybridized carbons (Fsp3) is 0.474. The van der Waals surface area contributed by atoms with Crippen LogP contribution < -0.4 is 5.32 Å². The number of benzene rings is 1. The number of likely N-dealkylation sites (tertiary alicyclic amines) is 1. The number of phenolic OH excluding ortho intramolecular Hbond substituents is 1. The molecule has 1 fully saturated rings. The van der Waals surface area contributed by atoms with Crippen LogP contribution in [0.5, 0.6) is 5.75 Å². The Balaban J connectivity index is 1.73. The van der Waals surface area contributed by atoms with Crippen molar-refractivity contribution in [3.63, 3.8) is 0 Å². The summed E-state index contributed by atoms with van der Waals surface area (Å²) >= 11 is 0. The molecule has 0 spiro atoms. The topological polar surface area (TPSA) is 83.8 Å². The lowest BCUT2D eigenvalue weighted by Gasteiger charge is -2.26. The molecule has 0 saturated carbocycles. The highest BCUT2D eigenvalue weighted by Crippen LogP contribution is 2.28. The monoisotopic (exact) mass is 377 g/mol. The SMILES string of the molecule is COC(=O)c1cc2c(F)c(O)ccc2n1CC(=O)NCCN1CCCCC1. The molecular weight excluding hydrogens is 353 g/mol. The van der Waals surface area contributed by atoms with Gasteiger partial charge in [-0.3, -0.25) is 4.79 Å². The summed E-state index contributed by atoms with van der Waals surface area (Å²) in [5.74, 6) is -2.29. The molecule has 1 aromatic carbocycles. The number of fused-ring (bicyclic) bond motifs is 1. The maximum Gasteiger partial charge on any atom is 0.354 e. The summed E-state index contributed by atoms with van der Waals surface area (Å²) in [5, 5.41) is 12.5. The number of rotatable bonds is 6. The molecule has 7 nitrogen and oxygen atoms in total. The molecule has 2 N–H and O–H groups in total. The first-order valence-electron chi connectivity index (χ1n) is 9.09. The van der Waals surface area contributed by atoms with Crippen LogP contribution in [0, 0.1) is 5.82 Å². The van der Waals surface area contributed by atoms with Gasteiger partial charge in [-0.2, -0.15) is 0 Å².